The molecule has 0 unspecified atom stereocenters. The monoisotopic (exact) mass is 496 g/mol. The number of ether oxygens (including phenoxy) is 1. The van der Waals surface area contributed by atoms with Crippen LogP contribution < -0.4 is 9.64 Å². The molecule has 1 amide bonds. The second-order valence-corrected chi connectivity index (χ2v) is 9.09. The van der Waals surface area contributed by atoms with E-state index in [1.807, 2.05) is 52.6 Å². The molecule has 1 aliphatic rings. The third kappa shape index (κ3) is 3.83. The fraction of sp³-hybridized carbons (Fsp3) is 0.214. The van der Waals surface area contributed by atoms with Gasteiger partial charge in [-0.1, -0.05) is 36.4 Å². The van der Waals surface area contributed by atoms with Crippen LogP contribution in [0.5, 0.6) is 5.75 Å². The number of amides is 1. The first-order chi connectivity index (χ1) is 18.1. The van der Waals surface area contributed by atoms with Crippen molar-refractivity contribution in [1.82, 2.24) is 24.5 Å². The Kier molecular flexibility index (Phi) is 5.67. The van der Waals surface area contributed by atoms with Crippen LogP contribution in [-0.2, 0) is 0 Å². The van der Waals surface area contributed by atoms with Crippen LogP contribution in [0.4, 0.5) is 10.3 Å². The van der Waals surface area contributed by atoms with E-state index in [2.05, 4.69) is 15.1 Å². The van der Waals surface area contributed by atoms with Crippen LogP contribution >= 0.6 is 0 Å². The predicted molar refractivity (Wildman–Crippen MR) is 139 cm³/mol. The summed E-state index contributed by atoms with van der Waals surface area (Å²) in [6, 6.07) is 21.4. The van der Waals surface area contributed by atoms with Crippen molar-refractivity contribution in [2.24, 2.45) is 0 Å². The minimum atomic E-state index is -0.378. The topological polar surface area (TPSA) is 75.9 Å². The molecule has 6 rings (SSSR count). The molecule has 0 bridgehead atoms. The van der Waals surface area contributed by atoms with Crippen molar-refractivity contribution in [2.45, 2.75) is 13.0 Å². The molecule has 0 saturated carbocycles. The zero-order chi connectivity index (χ0) is 25.5. The first kappa shape index (κ1) is 22.9. The van der Waals surface area contributed by atoms with Crippen molar-refractivity contribution in [1.29, 1.82) is 0 Å². The van der Waals surface area contributed by atoms with Crippen LogP contribution in [0.3, 0.4) is 0 Å². The highest BCUT2D eigenvalue weighted by Crippen LogP contribution is 2.31. The lowest BCUT2D eigenvalue weighted by Crippen LogP contribution is -2.54. The SMILES string of the molecule is COc1ccccc1C(=O)N1CCN(c2nc3ccccc3c3nnc(-c4ccccc4F)n23)C[C@H]1C. The van der Waals surface area contributed by atoms with E-state index in [9.17, 15) is 9.18 Å². The average molecular weight is 497 g/mol. The number of halogens is 1. The molecule has 3 aromatic carbocycles. The predicted octanol–water partition coefficient (Wildman–Crippen LogP) is 4.44. The maximum atomic E-state index is 14.8. The second kappa shape index (κ2) is 9.16. The maximum Gasteiger partial charge on any atom is 0.257 e. The number of piperazine rings is 1. The number of aromatic nitrogens is 4. The van der Waals surface area contributed by atoms with Crippen molar-refractivity contribution in [3.05, 3.63) is 84.2 Å². The van der Waals surface area contributed by atoms with Gasteiger partial charge in [0.05, 0.1) is 23.8 Å². The Morgan fingerprint density at radius 2 is 1.73 bits per heavy atom. The molecule has 8 nitrogen and oxygen atoms in total. The van der Waals surface area contributed by atoms with E-state index in [1.54, 1.807) is 37.4 Å². The van der Waals surface area contributed by atoms with Gasteiger partial charge in [-0.15, -0.1) is 10.2 Å². The summed E-state index contributed by atoms with van der Waals surface area (Å²) in [5.41, 5.74) is 2.28. The molecule has 0 N–H and O–H groups in total. The number of benzene rings is 3. The number of para-hydroxylation sites is 2. The van der Waals surface area contributed by atoms with E-state index in [-0.39, 0.29) is 17.8 Å². The van der Waals surface area contributed by atoms with Crippen LogP contribution in [-0.4, -0.2) is 63.2 Å². The van der Waals surface area contributed by atoms with Gasteiger partial charge in [0.15, 0.2) is 11.5 Å². The standard InChI is InChI=1S/C28H25FN6O2/c1-18-17-33(15-16-34(18)27(36)21-11-5-8-14-24(21)37-2)28-30-23-13-7-4-10-20(23)26-32-31-25(35(26)28)19-9-3-6-12-22(19)29/h3-14,18H,15-17H2,1-2H3/t18-/m1/s1. The Morgan fingerprint density at radius 3 is 2.54 bits per heavy atom. The molecule has 2 aromatic heterocycles. The number of hydrogen-bond acceptors (Lipinski definition) is 6. The third-order valence-electron chi connectivity index (χ3n) is 6.85. The van der Waals surface area contributed by atoms with E-state index >= 15 is 0 Å². The van der Waals surface area contributed by atoms with Crippen molar-refractivity contribution in [2.75, 3.05) is 31.6 Å². The van der Waals surface area contributed by atoms with Gasteiger partial charge in [0, 0.05) is 31.1 Å². The molecule has 1 fully saturated rings. The fourth-order valence-electron chi connectivity index (χ4n) is 5.01. The Labute approximate surface area is 212 Å². The van der Waals surface area contributed by atoms with Gasteiger partial charge in [0.1, 0.15) is 11.6 Å². The average Bonchev–Trinajstić information content (AvgIpc) is 3.38. The Balaban J connectivity index is 1.41. The fourth-order valence-corrected chi connectivity index (χ4v) is 5.01. The van der Waals surface area contributed by atoms with E-state index in [0.717, 1.165) is 10.9 Å². The first-order valence-electron chi connectivity index (χ1n) is 12.1. The number of fused-ring (bicyclic) bond motifs is 3. The van der Waals surface area contributed by atoms with Crippen LogP contribution in [0.2, 0.25) is 0 Å². The molecule has 37 heavy (non-hydrogen) atoms. The van der Waals surface area contributed by atoms with Crippen LogP contribution in [0, 0.1) is 5.82 Å². The van der Waals surface area contributed by atoms with E-state index in [1.165, 1.54) is 6.07 Å². The highest BCUT2D eigenvalue weighted by molar-refractivity contribution is 5.97. The molecule has 0 spiro atoms. The summed E-state index contributed by atoms with van der Waals surface area (Å²) >= 11 is 0. The number of nitrogens with zero attached hydrogens (tertiary/aromatic N) is 6. The van der Waals surface area contributed by atoms with Gasteiger partial charge in [0.2, 0.25) is 5.95 Å². The Hall–Kier alpha value is -4.53. The summed E-state index contributed by atoms with van der Waals surface area (Å²) in [6.07, 6.45) is 0. The highest BCUT2D eigenvalue weighted by Gasteiger charge is 2.32. The quantitative estimate of drug-likeness (QED) is 0.366. The van der Waals surface area contributed by atoms with Crippen LogP contribution in [0.1, 0.15) is 17.3 Å². The number of carbonyl (C=O) groups excluding carboxylic acids is 1. The molecule has 9 heteroatoms. The molecular weight excluding hydrogens is 471 g/mol. The minimum absolute atomic E-state index is 0.0717. The lowest BCUT2D eigenvalue weighted by Gasteiger charge is -2.40. The maximum absolute atomic E-state index is 14.8. The van der Waals surface area contributed by atoms with Gasteiger partial charge in [-0.3, -0.25) is 4.79 Å². The third-order valence-corrected chi connectivity index (χ3v) is 6.85. The Bertz CT molecular complexity index is 1630. The van der Waals surface area contributed by atoms with Crippen LogP contribution in [0.25, 0.3) is 27.9 Å². The number of methoxy groups -OCH3 is 1. The summed E-state index contributed by atoms with van der Waals surface area (Å²) in [4.78, 5) is 22.3. The van der Waals surface area contributed by atoms with Gasteiger partial charge in [-0.05, 0) is 43.3 Å². The zero-order valence-corrected chi connectivity index (χ0v) is 20.5. The number of anilines is 1. The molecular formula is C28H25FN6O2. The van der Waals surface area contributed by atoms with Gasteiger partial charge < -0.3 is 14.5 Å². The van der Waals surface area contributed by atoms with Crippen molar-refractivity contribution in [3.8, 4) is 17.1 Å². The number of hydrogen-bond donors (Lipinski definition) is 0. The summed E-state index contributed by atoms with van der Waals surface area (Å²) in [5.74, 6) is 1.11. The lowest BCUT2D eigenvalue weighted by molar-refractivity contribution is 0.0669. The summed E-state index contributed by atoms with van der Waals surface area (Å²) < 4.78 is 22.1. The highest BCUT2D eigenvalue weighted by atomic mass is 19.1. The summed E-state index contributed by atoms with van der Waals surface area (Å²) in [5, 5.41) is 9.66. The number of rotatable bonds is 4. The van der Waals surface area contributed by atoms with E-state index < -0.39 is 0 Å². The molecule has 5 aromatic rings. The lowest BCUT2D eigenvalue weighted by atomic mass is 10.1. The summed E-state index contributed by atoms with van der Waals surface area (Å²) in [7, 11) is 1.57. The zero-order valence-electron chi connectivity index (χ0n) is 20.5. The molecule has 1 atom stereocenters. The molecule has 0 radical (unpaired) electrons. The molecule has 1 aliphatic heterocycles. The molecule has 1 saturated heterocycles. The van der Waals surface area contributed by atoms with Gasteiger partial charge in [-0.2, -0.15) is 0 Å². The van der Waals surface area contributed by atoms with Crippen molar-refractivity contribution >= 4 is 28.4 Å². The van der Waals surface area contributed by atoms with Crippen LogP contribution in [0.15, 0.2) is 72.8 Å². The largest absolute Gasteiger partial charge is 0.496 e. The Morgan fingerprint density at radius 1 is 0.973 bits per heavy atom. The molecule has 186 valence electrons. The van der Waals surface area contributed by atoms with Crippen molar-refractivity contribution < 1.29 is 13.9 Å². The second-order valence-electron chi connectivity index (χ2n) is 9.09. The normalized spacial score (nSPS) is 15.9. The minimum Gasteiger partial charge on any atom is -0.496 e. The number of carbonyl (C=O) groups is 1. The van der Waals surface area contributed by atoms with E-state index in [0.29, 0.717) is 53.9 Å². The first-order valence-corrected chi connectivity index (χ1v) is 12.1. The summed E-state index contributed by atoms with van der Waals surface area (Å²) in [6.45, 7) is 3.59. The van der Waals surface area contributed by atoms with Crippen molar-refractivity contribution in [3.63, 3.8) is 0 Å². The molecule has 3 heterocycles. The van der Waals surface area contributed by atoms with Gasteiger partial charge in [-0.25, -0.2) is 13.8 Å². The van der Waals surface area contributed by atoms with Gasteiger partial charge in [0.25, 0.3) is 5.91 Å². The smallest absolute Gasteiger partial charge is 0.257 e. The molecule has 0 aliphatic carbocycles. The van der Waals surface area contributed by atoms with E-state index in [4.69, 9.17) is 9.72 Å². The van der Waals surface area contributed by atoms with Gasteiger partial charge >= 0.3 is 0 Å².